The standard InChI is InChI=1S/C20H25NO4/c1-3-4-13-9-14(5-6-17(13)24-2)19(23)21-10-16-15(11-22)18-7-8-20(16,12-21)25-18/h3,5-6,9,15-16,18,22H,1,4,7-8,10-12H2,2H3/t15-,16+,18+,20+/m0/s1. The van der Waals surface area contributed by atoms with E-state index in [1.165, 1.54) is 0 Å². The van der Waals surface area contributed by atoms with Crippen molar-refractivity contribution in [1.29, 1.82) is 0 Å². The van der Waals surface area contributed by atoms with E-state index in [2.05, 4.69) is 6.58 Å². The van der Waals surface area contributed by atoms with Gasteiger partial charge in [-0.2, -0.15) is 0 Å². The minimum Gasteiger partial charge on any atom is -0.496 e. The van der Waals surface area contributed by atoms with E-state index in [9.17, 15) is 9.90 Å². The van der Waals surface area contributed by atoms with Crippen LogP contribution in [-0.2, 0) is 11.2 Å². The van der Waals surface area contributed by atoms with Gasteiger partial charge in [0.25, 0.3) is 5.91 Å². The zero-order chi connectivity index (χ0) is 17.6. The molecule has 3 aliphatic heterocycles. The topological polar surface area (TPSA) is 59.0 Å². The van der Waals surface area contributed by atoms with E-state index in [4.69, 9.17) is 9.47 Å². The summed E-state index contributed by atoms with van der Waals surface area (Å²) >= 11 is 0. The number of fused-ring (bicyclic) bond motifs is 1. The van der Waals surface area contributed by atoms with Crippen LogP contribution in [-0.4, -0.2) is 54.4 Å². The van der Waals surface area contributed by atoms with Crippen LogP contribution in [0.25, 0.3) is 0 Å². The average Bonchev–Trinajstić information content (AvgIpc) is 3.28. The summed E-state index contributed by atoms with van der Waals surface area (Å²) < 4.78 is 11.6. The quantitative estimate of drug-likeness (QED) is 0.831. The molecule has 0 saturated carbocycles. The number of carbonyl (C=O) groups is 1. The third kappa shape index (κ3) is 2.49. The Hall–Kier alpha value is -1.85. The molecule has 5 heteroatoms. The minimum atomic E-state index is -0.232. The maximum atomic E-state index is 13.0. The highest BCUT2D eigenvalue weighted by Gasteiger charge is 2.63. The van der Waals surface area contributed by atoms with Gasteiger partial charge in [-0.15, -0.1) is 6.58 Å². The number of benzene rings is 1. The molecule has 3 fully saturated rings. The first-order valence-electron chi connectivity index (χ1n) is 8.97. The number of likely N-dealkylation sites (tertiary alicyclic amines) is 1. The molecule has 0 aromatic heterocycles. The van der Waals surface area contributed by atoms with E-state index in [0.29, 0.717) is 25.1 Å². The van der Waals surface area contributed by atoms with E-state index < -0.39 is 0 Å². The van der Waals surface area contributed by atoms with Crippen molar-refractivity contribution < 1.29 is 19.4 Å². The predicted molar refractivity (Wildman–Crippen MR) is 93.7 cm³/mol. The van der Waals surface area contributed by atoms with E-state index in [1.807, 2.05) is 29.2 Å². The van der Waals surface area contributed by atoms with Crippen molar-refractivity contribution in [3.05, 3.63) is 42.0 Å². The lowest BCUT2D eigenvalue weighted by Gasteiger charge is -2.27. The van der Waals surface area contributed by atoms with Crippen LogP contribution in [0.2, 0.25) is 0 Å². The Kier molecular flexibility index (Phi) is 4.08. The molecule has 25 heavy (non-hydrogen) atoms. The van der Waals surface area contributed by atoms with Gasteiger partial charge in [-0.05, 0) is 43.0 Å². The summed E-state index contributed by atoms with van der Waals surface area (Å²) in [6.07, 6.45) is 4.63. The smallest absolute Gasteiger partial charge is 0.253 e. The van der Waals surface area contributed by atoms with Crippen LogP contribution in [0, 0.1) is 11.8 Å². The Labute approximate surface area is 148 Å². The fourth-order valence-corrected chi connectivity index (χ4v) is 5.00. The highest BCUT2D eigenvalue weighted by Crippen LogP contribution is 2.54. The van der Waals surface area contributed by atoms with Gasteiger partial charge < -0.3 is 19.5 Å². The first-order valence-corrected chi connectivity index (χ1v) is 8.97. The van der Waals surface area contributed by atoms with Crippen molar-refractivity contribution in [2.45, 2.75) is 31.0 Å². The lowest BCUT2D eigenvalue weighted by Crippen LogP contribution is -2.38. The van der Waals surface area contributed by atoms with E-state index >= 15 is 0 Å². The average molecular weight is 343 g/mol. The molecule has 0 radical (unpaired) electrons. The van der Waals surface area contributed by atoms with E-state index in [0.717, 1.165) is 24.2 Å². The summed E-state index contributed by atoms with van der Waals surface area (Å²) in [5, 5.41) is 9.72. The monoisotopic (exact) mass is 343 g/mol. The molecule has 3 heterocycles. The number of amides is 1. The van der Waals surface area contributed by atoms with Gasteiger partial charge in [0, 0.05) is 30.6 Å². The highest BCUT2D eigenvalue weighted by atomic mass is 16.5. The number of aliphatic hydroxyl groups is 1. The van der Waals surface area contributed by atoms with Crippen molar-refractivity contribution in [3.63, 3.8) is 0 Å². The van der Waals surface area contributed by atoms with Crippen LogP contribution in [0.4, 0.5) is 0 Å². The lowest BCUT2D eigenvalue weighted by atomic mass is 9.74. The van der Waals surface area contributed by atoms with Gasteiger partial charge in [-0.1, -0.05) is 6.08 Å². The second-order valence-electron chi connectivity index (χ2n) is 7.42. The van der Waals surface area contributed by atoms with Crippen LogP contribution in [0.1, 0.15) is 28.8 Å². The van der Waals surface area contributed by atoms with Crippen LogP contribution in [0.3, 0.4) is 0 Å². The molecular formula is C20H25NO4. The number of nitrogens with zero attached hydrogens (tertiary/aromatic N) is 1. The molecule has 1 aromatic carbocycles. The number of ether oxygens (including phenoxy) is 2. The number of methoxy groups -OCH3 is 1. The Morgan fingerprint density at radius 2 is 2.40 bits per heavy atom. The highest BCUT2D eigenvalue weighted by molar-refractivity contribution is 5.95. The molecule has 134 valence electrons. The molecule has 3 aliphatic rings. The maximum absolute atomic E-state index is 13.0. The number of carbonyl (C=O) groups excluding carboxylic acids is 1. The molecule has 1 N–H and O–H groups in total. The summed E-state index contributed by atoms with van der Waals surface area (Å²) in [5.41, 5.74) is 1.40. The van der Waals surface area contributed by atoms with Gasteiger partial charge in [0.05, 0.1) is 25.4 Å². The van der Waals surface area contributed by atoms with Crippen molar-refractivity contribution in [3.8, 4) is 5.75 Å². The SMILES string of the molecule is C=CCc1cc(C(=O)N2C[C@@H]3[C@H](CO)[C@H]4CC[C@]3(C2)O4)ccc1OC. The summed E-state index contributed by atoms with van der Waals surface area (Å²) in [7, 11) is 1.63. The first kappa shape index (κ1) is 16.6. The van der Waals surface area contributed by atoms with E-state index in [1.54, 1.807) is 7.11 Å². The lowest BCUT2D eigenvalue weighted by molar-refractivity contribution is 0.00154. The second-order valence-corrected chi connectivity index (χ2v) is 7.42. The fraction of sp³-hybridized carbons (Fsp3) is 0.550. The van der Waals surface area contributed by atoms with Gasteiger partial charge in [0.2, 0.25) is 0 Å². The third-order valence-electron chi connectivity index (χ3n) is 6.17. The Bertz CT molecular complexity index is 703. The van der Waals surface area contributed by atoms with Gasteiger partial charge >= 0.3 is 0 Å². The van der Waals surface area contributed by atoms with Crippen molar-refractivity contribution >= 4 is 5.91 Å². The fourth-order valence-electron chi connectivity index (χ4n) is 5.00. The van der Waals surface area contributed by atoms with Gasteiger partial charge in [0.1, 0.15) is 5.75 Å². The largest absolute Gasteiger partial charge is 0.496 e. The van der Waals surface area contributed by atoms with Gasteiger partial charge in [-0.25, -0.2) is 0 Å². The normalized spacial score (nSPS) is 32.7. The Morgan fingerprint density at radius 3 is 3.12 bits per heavy atom. The van der Waals surface area contributed by atoms with E-state index in [-0.39, 0.29) is 36.1 Å². The zero-order valence-corrected chi connectivity index (χ0v) is 14.6. The Balaban J connectivity index is 1.56. The molecule has 2 bridgehead atoms. The molecule has 1 aromatic rings. The van der Waals surface area contributed by atoms with Crippen LogP contribution in [0.5, 0.6) is 5.75 Å². The molecule has 5 nitrogen and oxygen atoms in total. The summed E-state index contributed by atoms with van der Waals surface area (Å²) in [5.74, 6) is 1.22. The van der Waals surface area contributed by atoms with Crippen molar-refractivity contribution in [1.82, 2.24) is 4.90 Å². The van der Waals surface area contributed by atoms with Crippen LogP contribution in [0.15, 0.2) is 30.9 Å². The van der Waals surface area contributed by atoms with Crippen molar-refractivity contribution in [2.24, 2.45) is 11.8 Å². The first-order chi connectivity index (χ1) is 12.1. The van der Waals surface area contributed by atoms with Crippen molar-refractivity contribution in [2.75, 3.05) is 26.8 Å². The zero-order valence-electron chi connectivity index (χ0n) is 14.6. The van der Waals surface area contributed by atoms with Gasteiger partial charge in [-0.3, -0.25) is 4.79 Å². The molecular weight excluding hydrogens is 318 g/mol. The van der Waals surface area contributed by atoms with Gasteiger partial charge in [0.15, 0.2) is 0 Å². The summed E-state index contributed by atoms with van der Waals surface area (Å²) in [4.78, 5) is 14.9. The number of hydrogen-bond acceptors (Lipinski definition) is 4. The van der Waals surface area contributed by atoms with Crippen LogP contribution < -0.4 is 4.74 Å². The number of allylic oxidation sites excluding steroid dienone is 1. The second kappa shape index (κ2) is 6.15. The summed E-state index contributed by atoms with van der Waals surface area (Å²) in [6, 6.07) is 5.57. The molecule has 4 atom stereocenters. The molecule has 3 saturated heterocycles. The third-order valence-corrected chi connectivity index (χ3v) is 6.17. The number of rotatable bonds is 5. The summed E-state index contributed by atoms with van der Waals surface area (Å²) in [6.45, 7) is 5.22. The molecule has 0 unspecified atom stereocenters. The Morgan fingerprint density at radius 1 is 1.56 bits per heavy atom. The molecule has 1 amide bonds. The number of aliphatic hydroxyl groups excluding tert-OH is 1. The van der Waals surface area contributed by atoms with Crippen LogP contribution >= 0.6 is 0 Å². The minimum absolute atomic E-state index is 0.0282. The molecule has 0 aliphatic carbocycles. The maximum Gasteiger partial charge on any atom is 0.253 e. The number of hydrogen-bond donors (Lipinski definition) is 1. The molecule has 1 spiro atoms. The predicted octanol–water partition coefficient (Wildman–Crippen LogP) is 2.04. The molecule has 4 rings (SSSR count).